The van der Waals surface area contributed by atoms with Crippen LogP contribution in [0.5, 0.6) is 0 Å². The maximum Gasteiger partial charge on any atom is 0.416 e. The fourth-order valence-electron chi connectivity index (χ4n) is 3.08. The fraction of sp³-hybridized carbons (Fsp3) is 0.0435. The number of halogens is 3. The van der Waals surface area contributed by atoms with Crippen LogP contribution in [0.15, 0.2) is 78.9 Å². The van der Waals surface area contributed by atoms with Crippen molar-refractivity contribution in [2.45, 2.75) is 6.18 Å². The number of rotatable bonds is 5. The van der Waals surface area contributed by atoms with Gasteiger partial charge in [0.05, 0.1) is 16.2 Å². The van der Waals surface area contributed by atoms with E-state index in [-0.39, 0.29) is 21.9 Å². The lowest BCUT2D eigenvalue weighted by Crippen LogP contribution is -2.13. The molecule has 0 spiro atoms. The van der Waals surface area contributed by atoms with Crippen LogP contribution < -0.4 is 5.32 Å². The maximum atomic E-state index is 13.1. The Balaban J connectivity index is 1.74. The number of anilines is 1. The Bertz CT molecular complexity index is 1320. The van der Waals surface area contributed by atoms with Gasteiger partial charge in [-0.3, -0.25) is 14.9 Å². The molecule has 0 unspecified atom stereocenters. The highest BCUT2D eigenvalue weighted by atomic mass is 32.1. The predicted octanol–water partition coefficient (Wildman–Crippen LogP) is 6.66. The minimum Gasteiger partial charge on any atom is -0.321 e. The molecule has 1 aromatic heterocycles. The van der Waals surface area contributed by atoms with Gasteiger partial charge in [0, 0.05) is 28.9 Å². The molecule has 0 atom stereocenters. The van der Waals surface area contributed by atoms with E-state index >= 15 is 0 Å². The Labute approximate surface area is 189 Å². The first-order valence-electron chi connectivity index (χ1n) is 9.52. The van der Waals surface area contributed by atoms with Crippen molar-refractivity contribution in [1.29, 1.82) is 0 Å². The van der Waals surface area contributed by atoms with Crippen LogP contribution in [0.4, 0.5) is 24.5 Å². The van der Waals surface area contributed by atoms with Gasteiger partial charge in [0.2, 0.25) is 0 Å². The van der Waals surface area contributed by atoms with Gasteiger partial charge in [-0.15, -0.1) is 11.3 Å². The van der Waals surface area contributed by atoms with Gasteiger partial charge >= 0.3 is 6.18 Å². The van der Waals surface area contributed by atoms with Crippen LogP contribution in [0.3, 0.4) is 0 Å². The molecule has 6 nitrogen and oxygen atoms in total. The molecule has 4 aromatic rings. The van der Waals surface area contributed by atoms with E-state index in [0.29, 0.717) is 10.6 Å². The van der Waals surface area contributed by atoms with Gasteiger partial charge in [0.1, 0.15) is 9.88 Å². The normalized spacial score (nSPS) is 11.2. The SMILES string of the molecule is O=C(Nc1cccc(C(F)(F)F)c1)c1sc(-c2ccccc2)nc1-c1ccc([N+](=O)[O-])cc1. The van der Waals surface area contributed by atoms with E-state index in [9.17, 15) is 28.1 Å². The van der Waals surface area contributed by atoms with Crippen molar-refractivity contribution in [2.24, 2.45) is 0 Å². The Morgan fingerprint density at radius 3 is 2.27 bits per heavy atom. The summed E-state index contributed by atoms with van der Waals surface area (Å²) in [5, 5.41) is 14.0. The molecule has 0 fully saturated rings. The van der Waals surface area contributed by atoms with E-state index in [1.165, 1.54) is 36.4 Å². The van der Waals surface area contributed by atoms with Gasteiger partial charge in [-0.1, -0.05) is 36.4 Å². The van der Waals surface area contributed by atoms with E-state index in [4.69, 9.17) is 0 Å². The minimum atomic E-state index is -4.55. The van der Waals surface area contributed by atoms with Gasteiger partial charge in [-0.05, 0) is 30.3 Å². The number of amides is 1. The van der Waals surface area contributed by atoms with Crippen LogP contribution in [0.25, 0.3) is 21.8 Å². The minimum absolute atomic E-state index is 0.0147. The molecule has 0 bridgehead atoms. The molecule has 1 heterocycles. The van der Waals surface area contributed by atoms with Gasteiger partial charge in [0.15, 0.2) is 0 Å². The summed E-state index contributed by atoms with van der Waals surface area (Å²) < 4.78 is 39.1. The number of nitrogens with zero attached hydrogens (tertiary/aromatic N) is 2. The summed E-state index contributed by atoms with van der Waals surface area (Å²) in [6.07, 6.45) is -4.55. The second kappa shape index (κ2) is 8.83. The third-order valence-electron chi connectivity index (χ3n) is 4.65. The Hall–Kier alpha value is -4.05. The molecule has 0 aliphatic heterocycles. The summed E-state index contributed by atoms with van der Waals surface area (Å²) in [5.41, 5.74) is 0.478. The lowest BCUT2D eigenvalue weighted by atomic mass is 10.1. The molecule has 1 N–H and O–H groups in total. The number of nitro benzene ring substituents is 1. The summed E-state index contributed by atoms with van der Waals surface area (Å²) in [4.78, 5) is 28.2. The highest BCUT2D eigenvalue weighted by Gasteiger charge is 2.30. The van der Waals surface area contributed by atoms with Crippen molar-refractivity contribution in [3.63, 3.8) is 0 Å². The van der Waals surface area contributed by atoms with Crippen LogP contribution in [0.1, 0.15) is 15.2 Å². The topological polar surface area (TPSA) is 85.1 Å². The molecular formula is C23H14F3N3O3S. The summed E-state index contributed by atoms with van der Waals surface area (Å²) >= 11 is 1.08. The number of aromatic nitrogens is 1. The number of hydrogen-bond donors (Lipinski definition) is 1. The zero-order valence-corrected chi connectivity index (χ0v) is 17.5. The first kappa shape index (κ1) is 22.2. The van der Waals surface area contributed by atoms with Crippen LogP contribution in [-0.4, -0.2) is 15.8 Å². The molecule has 1 amide bonds. The van der Waals surface area contributed by atoms with E-state index in [2.05, 4.69) is 10.3 Å². The van der Waals surface area contributed by atoms with Crippen LogP contribution >= 0.6 is 11.3 Å². The average Bonchev–Trinajstić information content (AvgIpc) is 3.25. The third-order valence-corrected chi connectivity index (χ3v) is 5.76. The zero-order chi connectivity index (χ0) is 23.6. The van der Waals surface area contributed by atoms with Gasteiger partial charge in [-0.25, -0.2) is 4.98 Å². The number of benzene rings is 3. The molecule has 0 aliphatic rings. The lowest BCUT2D eigenvalue weighted by molar-refractivity contribution is -0.384. The second-order valence-electron chi connectivity index (χ2n) is 6.90. The molecule has 4 rings (SSSR count). The molecule has 0 radical (unpaired) electrons. The summed E-state index contributed by atoms with van der Waals surface area (Å²) in [6, 6.07) is 18.9. The third kappa shape index (κ3) is 4.90. The van der Waals surface area contributed by atoms with E-state index in [1.54, 1.807) is 0 Å². The van der Waals surface area contributed by atoms with Crippen molar-refractivity contribution in [1.82, 2.24) is 4.98 Å². The number of carbonyl (C=O) groups excluding carboxylic acids is 1. The summed E-state index contributed by atoms with van der Waals surface area (Å²) in [5.74, 6) is -0.637. The molecule has 33 heavy (non-hydrogen) atoms. The van der Waals surface area contributed by atoms with Crippen LogP contribution in [-0.2, 0) is 6.18 Å². The molecule has 0 saturated heterocycles. The monoisotopic (exact) mass is 469 g/mol. The van der Waals surface area contributed by atoms with Crippen LogP contribution in [0.2, 0.25) is 0 Å². The molecule has 0 aliphatic carbocycles. The van der Waals surface area contributed by atoms with Crippen molar-refractivity contribution in [3.8, 4) is 21.8 Å². The fourth-order valence-corrected chi connectivity index (χ4v) is 4.06. The number of carbonyl (C=O) groups is 1. The Kier molecular flexibility index (Phi) is 5.93. The van der Waals surface area contributed by atoms with E-state index in [1.807, 2.05) is 30.3 Å². The Morgan fingerprint density at radius 1 is 0.939 bits per heavy atom. The van der Waals surface area contributed by atoms with Crippen molar-refractivity contribution >= 4 is 28.6 Å². The smallest absolute Gasteiger partial charge is 0.321 e. The molecule has 166 valence electrons. The molecular weight excluding hydrogens is 455 g/mol. The van der Waals surface area contributed by atoms with Crippen molar-refractivity contribution in [2.75, 3.05) is 5.32 Å². The number of nitrogens with one attached hydrogen (secondary N) is 1. The van der Waals surface area contributed by atoms with Crippen molar-refractivity contribution in [3.05, 3.63) is 99.4 Å². The van der Waals surface area contributed by atoms with E-state index < -0.39 is 22.6 Å². The molecule has 0 saturated carbocycles. The summed E-state index contributed by atoms with van der Waals surface area (Å²) in [6.45, 7) is 0. The molecule has 10 heteroatoms. The quantitative estimate of drug-likeness (QED) is 0.262. The highest BCUT2D eigenvalue weighted by Crippen LogP contribution is 2.36. The van der Waals surface area contributed by atoms with Crippen LogP contribution in [0, 0.1) is 10.1 Å². The first-order chi connectivity index (χ1) is 15.7. The maximum absolute atomic E-state index is 13.1. The van der Waals surface area contributed by atoms with Gasteiger partial charge in [-0.2, -0.15) is 13.2 Å². The second-order valence-corrected chi connectivity index (χ2v) is 7.90. The standard InChI is InChI=1S/C23H14F3N3O3S/c24-23(25,26)16-7-4-8-17(13-16)27-21(30)20-19(14-9-11-18(12-10-14)29(31)32)28-22(33-20)15-5-2-1-3-6-15/h1-13H,(H,27,30). The number of alkyl halides is 3. The average molecular weight is 469 g/mol. The lowest BCUT2D eigenvalue weighted by Gasteiger charge is -2.10. The summed E-state index contributed by atoms with van der Waals surface area (Å²) in [7, 11) is 0. The number of thiazole rings is 1. The van der Waals surface area contributed by atoms with Gasteiger partial charge in [0.25, 0.3) is 11.6 Å². The van der Waals surface area contributed by atoms with E-state index in [0.717, 1.165) is 29.0 Å². The van der Waals surface area contributed by atoms with Crippen molar-refractivity contribution < 1.29 is 22.9 Å². The zero-order valence-electron chi connectivity index (χ0n) is 16.7. The number of nitro groups is 1. The number of non-ortho nitro benzene ring substituents is 1. The van der Waals surface area contributed by atoms with Gasteiger partial charge < -0.3 is 5.32 Å². The highest BCUT2D eigenvalue weighted by molar-refractivity contribution is 7.17. The molecule has 3 aromatic carbocycles. The largest absolute Gasteiger partial charge is 0.416 e. The number of hydrogen-bond acceptors (Lipinski definition) is 5. The first-order valence-corrected chi connectivity index (χ1v) is 10.3. The Morgan fingerprint density at radius 2 is 1.64 bits per heavy atom. The predicted molar refractivity (Wildman–Crippen MR) is 119 cm³/mol.